The Balaban J connectivity index is 2.49. The van der Waals surface area contributed by atoms with Crippen molar-refractivity contribution in [2.45, 2.75) is 39.2 Å². The van der Waals surface area contributed by atoms with E-state index in [0.29, 0.717) is 5.92 Å². The summed E-state index contributed by atoms with van der Waals surface area (Å²) >= 11 is 0. The summed E-state index contributed by atoms with van der Waals surface area (Å²) in [4.78, 5) is 23.0. The van der Waals surface area contributed by atoms with Gasteiger partial charge < -0.3 is 20.5 Å². The predicted octanol–water partition coefficient (Wildman–Crippen LogP) is 0.618. The van der Waals surface area contributed by atoms with Crippen LogP contribution in [0.3, 0.4) is 0 Å². The van der Waals surface area contributed by atoms with E-state index in [9.17, 15) is 9.59 Å². The molecule has 6 nitrogen and oxygen atoms in total. The average molecular weight is 286 g/mol. The lowest BCUT2D eigenvalue weighted by atomic mass is 9.74. The molecule has 2 atom stereocenters. The van der Waals surface area contributed by atoms with E-state index in [1.165, 1.54) is 7.11 Å². The van der Waals surface area contributed by atoms with E-state index >= 15 is 0 Å². The van der Waals surface area contributed by atoms with Crippen LogP contribution in [0.15, 0.2) is 0 Å². The zero-order chi connectivity index (χ0) is 15.2. The molecule has 116 valence electrons. The molecule has 0 aromatic rings. The number of ether oxygens (including phenoxy) is 1. The molecule has 0 radical (unpaired) electrons. The van der Waals surface area contributed by atoms with Crippen molar-refractivity contribution < 1.29 is 19.4 Å². The second-order valence-electron chi connectivity index (χ2n) is 5.93. The van der Waals surface area contributed by atoms with Gasteiger partial charge in [0, 0.05) is 19.1 Å². The van der Waals surface area contributed by atoms with E-state index in [1.807, 2.05) is 13.8 Å². The number of hydrogen-bond donors (Lipinski definition) is 3. The van der Waals surface area contributed by atoms with E-state index in [-0.39, 0.29) is 18.9 Å². The van der Waals surface area contributed by atoms with Gasteiger partial charge in [-0.15, -0.1) is 0 Å². The molecule has 20 heavy (non-hydrogen) atoms. The van der Waals surface area contributed by atoms with Crippen molar-refractivity contribution in [3.63, 3.8) is 0 Å². The van der Waals surface area contributed by atoms with Gasteiger partial charge in [0.05, 0.1) is 12.5 Å². The van der Waals surface area contributed by atoms with Crippen molar-refractivity contribution in [1.82, 2.24) is 10.6 Å². The zero-order valence-corrected chi connectivity index (χ0v) is 12.6. The number of rotatable bonds is 7. The van der Waals surface area contributed by atoms with Crippen LogP contribution >= 0.6 is 0 Å². The van der Waals surface area contributed by atoms with E-state index < -0.39 is 17.5 Å². The molecule has 2 unspecified atom stereocenters. The number of methoxy groups -OCH3 is 1. The maximum absolute atomic E-state index is 12.3. The number of piperidine rings is 1. The molecular weight excluding hydrogens is 260 g/mol. The van der Waals surface area contributed by atoms with Gasteiger partial charge in [0.25, 0.3) is 0 Å². The number of amides is 1. The summed E-state index contributed by atoms with van der Waals surface area (Å²) in [5, 5.41) is 14.9. The van der Waals surface area contributed by atoms with Gasteiger partial charge in [-0.1, -0.05) is 13.8 Å². The molecule has 1 aliphatic rings. The first-order valence-corrected chi connectivity index (χ1v) is 7.11. The molecule has 0 aromatic carbocycles. The Morgan fingerprint density at radius 3 is 2.70 bits per heavy atom. The molecule has 1 aliphatic heterocycles. The summed E-state index contributed by atoms with van der Waals surface area (Å²) in [6.45, 7) is 5.98. The molecule has 0 aliphatic carbocycles. The van der Waals surface area contributed by atoms with Gasteiger partial charge in [-0.05, 0) is 31.8 Å². The smallest absolute Gasteiger partial charge is 0.306 e. The van der Waals surface area contributed by atoms with Gasteiger partial charge >= 0.3 is 5.97 Å². The van der Waals surface area contributed by atoms with E-state index in [4.69, 9.17) is 9.84 Å². The van der Waals surface area contributed by atoms with Gasteiger partial charge in [0.2, 0.25) is 5.91 Å². The fourth-order valence-corrected chi connectivity index (χ4v) is 2.52. The van der Waals surface area contributed by atoms with E-state index in [1.54, 1.807) is 0 Å². The summed E-state index contributed by atoms with van der Waals surface area (Å²) in [6, 6.07) is 0. The lowest BCUT2D eigenvalue weighted by molar-refractivity contribution is -0.140. The summed E-state index contributed by atoms with van der Waals surface area (Å²) < 4.78 is 5.06. The molecule has 1 amide bonds. The highest BCUT2D eigenvalue weighted by Crippen LogP contribution is 2.31. The fourth-order valence-electron chi connectivity index (χ4n) is 2.52. The summed E-state index contributed by atoms with van der Waals surface area (Å²) in [5.41, 5.74) is -0.463. The molecule has 1 fully saturated rings. The van der Waals surface area contributed by atoms with Gasteiger partial charge in [0.1, 0.15) is 0 Å². The largest absolute Gasteiger partial charge is 0.481 e. The first-order chi connectivity index (χ1) is 9.37. The maximum atomic E-state index is 12.3. The van der Waals surface area contributed by atoms with Crippen molar-refractivity contribution in [3.05, 3.63) is 0 Å². The van der Waals surface area contributed by atoms with Crippen molar-refractivity contribution in [2.75, 3.05) is 26.7 Å². The second-order valence-corrected chi connectivity index (χ2v) is 5.93. The first kappa shape index (κ1) is 16.9. The highest BCUT2D eigenvalue weighted by molar-refractivity contribution is 5.82. The number of aliphatic carboxylic acids is 1. The fraction of sp³-hybridized carbons (Fsp3) is 0.857. The Morgan fingerprint density at radius 1 is 1.50 bits per heavy atom. The zero-order valence-electron chi connectivity index (χ0n) is 12.6. The average Bonchev–Trinajstić information content (AvgIpc) is 2.43. The van der Waals surface area contributed by atoms with Crippen LogP contribution in [0, 0.1) is 11.3 Å². The van der Waals surface area contributed by atoms with Crippen LogP contribution in [0.25, 0.3) is 0 Å². The molecule has 0 saturated carbocycles. The lowest BCUT2D eigenvalue weighted by Gasteiger charge is -2.36. The highest BCUT2D eigenvalue weighted by atomic mass is 16.5. The van der Waals surface area contributed by atoms with Crippen LogP contribution in [-0.2, 0) is 14.3 Å². The molecule has 1 saturated heterocycles. The standard InChI is InChI=1S/C14H26N2O4/c1-14(2,10-5-4-6-15-8-10)13(19)16-9-11(20-3)7-12(17)18/h10-11,15H,4-9H2,1-3H3,(H,16,19)(H,17,18). The van der Waals surface area contributed by atoms with Crippen LogP contribution in [0.5, 0.6) is 0 Å². The molecule has 1 heterocycles. The molecule has 1 rings (SSSR count). The minimum Gasteiger partial charge on any atom is -0.481 e. The van der Waals surface area contributed by atoms with E-state index in [2.05, 4.69) is 10.6 Å². The maximum Gasteiger partial charge on any atom is 0.306 e. The number of hydrogen-bond acceptors (Lipinski definition) is 4. The Labute approximate surface area is 120 Å². The summed E-state index contributed by atoms with van der Waals surface area (Å²) in [5.74, 6) is -0.669. The van der Waals surface area contributed by atoms with Crippen LogP contribution in [0.4, 0.5) is 0 Å². The Hall–Kier alpha value is -1.14. The SMILES string of the molecule is COC(CNC(=O)C(C)(C)C1CCCNC1)CC(=O)O. The number of carbonyl (C=O) groups excluding carboxylic acids is 1. The molecule has 0 aromatic heterocycles. The highest BCUT2D eigenvalue weighted by Gasteiger charge is 2.37. The van der Waals surface area contributed by atoms with Crippen LogP contribution in [0.2, 0.25) is 0 Å². The van der Waals surface area contributed by atoms with Crippen molar-refractivity contribution in [2.24, 2.45) is 11.3 Å². The third kappa shape index (κ3) is 4.76. The van der Waals surface area contributed by atoms with Crippen LogP contribution in [-0.4, -0.2) is 49.8 Å². The number of carbonyl (C=O) groups is 2. The number of carboxylic acids is 1. The van der Waals surface area contributed by atoms with Crippen molar-refractivity contribution in [3.8, 4) is 0 Å². The van der Waals surface area contributed by atoms with Gasteiger partial charge in [0.15, 0.2) is 0 Å². The Morgan fingerprint density at radius 2 is 2.20 bits per heavy atom. The van der Waals surface area contributed by atoms with Gasteiger partial charge in [-0.2, -0.15) is 0 Å². The summed E-state index contributed by atoms with van der Waals surface area (Å²) in [6.07, 6.45) is 1.52. The molecule has 3 N–H and O–H groups in total. The quantitative estimate of drug-likeness (QED) is 0.638. The van der Waals surface area contributed by atoms with Crippen LogP contribution < -0.4 is 10.6 Å². The van der Waals surface area contributed by atoms with Crippen molar-refractivity contribution >= 4 is 11.9 Å². The van der Waals surface area contributed by atoms with E-state index in [0.717, 1.165) is 25.9 Å². The van der Waals surface area contributed by atoms with Crippen LogP contribution in [0.1, 0.15) is 33.1 Å². The van der Waals surface area contributed by atoms with Gasteiger partial charge in [-0.25, -0.2) is 0 Å². The molecular formula is C14H26N2O4. The monoisotopic (exact) mass is 286 g/mol. The summed E-state index contributed by atoms with van der Waals surface area (Å²) in [7, 11) is 1.45. The van der Waals surface area contributed by atoms with Gasteiger partial charge in [-0.3, -0.25) is 9.59 Å². The number of carboxylic acid groups (broad SMARTS) is 1. The lowest BCUT2D eigenvalue weighted by Crippen LogP contribution is -2.48. The Kier molecular flexibility index (Phi) is 6.42. The minimum atomic E-state index is -0.929. The minimum absolute atomic E-state index is 0.0429. The third-order valence-electron chi connectivity index (χ3n) is 4.13. The molecule has 0 spiro atoms. The molecule has 6 heteroatoms. The third-order valence-corrected chi connectivity index (χ3v) is 4.13. The van der Waals surface area contributed by atoms with Crippen molar-refractivity contribution in [1.29, 1.82) is 0 Å². The first-order valence-electron chi connectivity index (χ1n) is 7.11. The molecule has 0 bridgehead atoms. The normalized spacial score (nSPS) is 21.2. The topological polar surface area (TPSA) is 87.7 Å². The second kappa shape index (κ2) is 7.59. The predicted molar refractivity (Wildman–Crippen MR) is 75.4 cm³/mol. The Bertz CT molecular complexity index is 338. The number of nitrogens with one attached hydrogen (secondary N) is 2.